The van der Waals surface area contributed by atoms with Gasteiger partial charge in [-0.1, -0.05) is 30.3 Å². The van der Waals surface area contributed by atoms with Crippen LogP contribution in [-0.2, 0) is 19.5 Å². The van der Waals surface area contributed by atoms with Crippen molar-refractivity contribution >= 4 is 0 Å². The highest BCUT2D eigenvalue weighted by atomic mass is 35.5. The molecule has 3 nitrogen and oxygen atoms in total. The van der Waals surface area contributed by atoms with Crippen molar-refractivity contribution in [2.45, 2.75) is 38.4 Å². The van der Waals surface area contributed by atoms with E-state index in [0.717, 1.165) is 11.8 Å². The average molecular weight is 409 g/mol. The molecular formula is C22H30Cl2N2O. The van der Waals surface area contributed by atoms with E-state index >= 15 is 0 Å². The topological polar surface area (TPSA) is 18.1 Å². The van der Waals surface area contributed by atoms with E-state index in [4.69, 9.17) is 4.74 Å². The number of methoxy groups -OCH3 is 1. The van der Waals surface area contributed by atoms with Crippen molar-refractivity contribution in [3.05, 3.63) is 65.2 Å². The molecule has 1 fully saturated rings. The molecule has 2 aliphatic heterocycles. The van der Waals surface area contributed by atoms with Crippen LogP contribution in [0.5, 0.6) is 5.75 Å². The van der Waals surface area contributed by atoms with Crippen LogP contribution in [0.2, 0.25) is 0 Å². The first-order valence-corrected chi connectivity index (χ1v) is 9.69. The summed E-state index contributed by atoms with van der Waals surface area (Å²) in [5.74, 6) is 0.998. The number of hydrogen-bond donors (Lipinski definition) is 2. The fourth-order valence-corrected chi connectivity index (χ4v) is 4.66. The monoisotopic (exact) mass is 408 g/mol. The van der Waals surface area contributed by atoms with E-state index in [1.54, 1.807) is 16.9 Å². The van der Waals surface area contributed by atoms with Crippen molar-refractivity contribution < 1.29 is 39.4 Å². The Labute approximate surface area is 175 Å². The van der Waals surface area contributed by atoms with Crippen LogP contribution in [0.1, 0.15) is 29.5 Å². The molecule has 0 aliphatic carbocycles. The van der Waals surface area contributed by atoms with Crippen molar-refractivity contribution in [2.75, 3.05) is 26.7 Å². The van der Waals surface area contributed by atoms with Gasteiger partial charge in [-0.15, -0.1) is 0 Å². The number of likely N-dealkylation sites (tertiary alicyclic amines) is 1. The predicted octanol–water partition coefficient (Wildman–Crippen LogP) is -5.11. The van der Waals surface area contributed by atoms with Gasteiger partial charge in [0.1, 0.15) is 31.4 Å². The lowest BCUT2D eigenvalue weighted by Crippen LogP contribution is -3.24. The van der Waals surface area contributed by atoms with Crippen LogP contribution < -0.4 is 39.4 Å². The van der Waals surface area contributed by atoms with E-state index in [0.29, 0.717) is 0 Å². The molecule has 2 aliphatic rings. The summed E-state index contributed by atoms with van der Waals surface area (Å²) in [5, 5.41) is 0. The SMILES string of the molecule is COc1ccc2c(c1)CC[NH+](C1CCC[NH+](Cc3ccccc3)C1)C2.[Cl-].[Cl-]. The molecule has 0 amide bonds. The van der Waals surface area contributed by atoms with E-state index in [9.17, 15) is 0 Å². The highest BCUT2D eigenvalue weighted by Gasteiger charge is 2.33. The van der Waals surface area contributed by atoms with Crippen LogP contribution in [0.3, 0.4) is 0 Å². The molecule has 4 rings (SSSR count). The molecule has 148 valence electrons. The first-order valence-electron chi connectivity index (χ1n) is 9.69. The van der Waals surface area contributed by atoms with Gasteiger partial charge in [0.2, 0.25) is 0 Å². The minimum absolute atomic E-state index is 0. The number of ether oxygens (including phenoxy) is 1. The molecule has 0 aromatic heterocycles. The van der Waals surface area contributed by atoms with Crippen LogP contribution in [0.25, 0.3) is 0 Å². The Kier molecular flexibility index (Phi) is 8.43. The molecule has 3 unspecified atom stereocenters. The number of piperidine rings is 1. The van der Waals surface area contributed by atoms with E-state index in [1.165, 1.54) is 68.7 Å². The number of halogens is 2. The zero-order valence-electron chi connectivity index (χ0n) is 16.0. The Balaban J connectivity index is 0.00000131. The summed E-state index contributed by atoms with van der Waals surface area (Å²) in [4.78, 5) is 3.55. The number of nitrogens with one attached hydrogen (secondary N) is 2. The second-order valence-corrected chi connectivity index (χ2v) is 7.68. The fourth-order valence-electron chi connectivity index (χ4n) is 4.66. The maximum atomic E-state index is 5.38. The van der Waals surface area contributed by atoms with Gasteiger partial charge in [-0.3, -0.25) is 0 Å². The minimum Gasteiger partial charge on any atom is -1.00 e. The Bertz CT molecular complexity index is 711. The van der Waals surface area contributed by atoms with Crippen molar-refractivity contribution in [1.29, 1.82) is 0 Å². The molecule has 3 atom stereocenters. The lowest BCUT2D eigenvalue weighted by atomic mass is 9.95. The van der Waals surface area contributed by atoms with Gasteiger partial charge in [0.15, 0.2) is 0 Å². The normalized spacial score (nSPS) is 24.1. The van der Waals surface area contributed by atoms with Crippen LogP contribution in [0.15, 0.2) is 48.5 Å². The molecule has 0 saturated carbocycles. The number of quaternary nitrogens is 2. The second-order valence-electron chi connectivity index (χ2n) is 7.68. The number of fused-ring (bicyclic) bond motifs is 1. The quantitative estimate of drug-likeness (QED) is 0.517. The molecule has 2 N–H and O–H groups in total. The lowest BCUT2D eigenvalue weighted by Gasteiger charge is -2.37. The first-order chi connectivity index (χ1) is 12.3. The first kappa shape index (κ1) is 22.0. The highest BCUT2D eigenvalue weighted by Crippen LogP contribution is 2.19. The van der Waals surface area contributed by atoms with E-state index < -0.39 is 0 Å². The zero-order chi connectivity index (χ0) is 17.1. The van der Waals surface area contributed by atoms with Crippen LogP contribution in [0, 0.1) is 0 Å². The van der Waals surface area contributed by atoms with Gasteiger partial charge in [0.05, 0.1) is 20.2 Å². The molecule has 0 radical (unpaired) electrons. The molecule has 27 heavy (non-hydrogen) atoms. The van der Waals surface area contributed by atoms with Crippen molar-refractivity contribution in [3.63, 3.8) is 0 Å². The van der Waals surface area contributed by atoms with Gasteiger partial charge in [0, 0.05) is 30.4 Å². The fraction of sp³-hybridized carbons (Fsp3) is 0.455. The summed E-state index contributed by atoms with van der Waals surface area (Å²) < 4.78 is 5.38. The number of benzene rings is 2. The van der Waals surface area contributed by atoms with E-state index in [1.807, 2.05) is 0 Å². The summed E-state index contributed by atoms with van der Waals surface area (Å²) in [6, 6.07) is 18.4. The van der Waals surface area contributed by atoms with Crippen molar-refractivity contribution in [2.24, 2.45) is 0 Å². The molecule has 5 heteroatoms. The maximum Gasteiger partial charge on any atom is 0.137 e. The third kappa shape index (κ3) is 5.39. The third-order valence-corrected chi connectivity index (χ3v) is 6.04. The van der Waals surface area contributed by atoms with E-state index in [2.05, 4.69) is 48.5 Å². The summed E-state index contributed by atoms with van der Waals surface area (Å²) in [5.41, 5.74) is 4.49. The molecule has 0 bridgehead atoms. The van der Waals surface area contributed by atoms with E-state index in [-0.39, 0.29) is 24.8 Å². The standard InChI is InChI=1S/C22H28N2O.2ClH/c1-25-22-10-9-20-16-24(13-11-19(20)14-22)21-8-5-12-23(17-21)15-18-6-3-2-4-7-18;;/h2-4,6-7,9-10,14,21H,5,8,11-13,15-17H2,1H3;2*1H. The average Bonchev–Trinajstić information content (AvgIpc) is 2.68. The van der Waals surface area contributed by atoms with Crippen molar-refractivity contribution in [1.82, 2.24) is 0 Å². The smallest absolute Gasteiger partial charge is 0.137 e. The highest BCUT2D eigenvalue weighted by molar-refractivity contribution is 5.36. The number of hydrogen-bond acceptors (Lipinski definition) is 1. The molecule has 1 saturated heterocycles. The van der Waals surface area contributed by atoms with Gasteiger partial charge in [-0.2, -0.15) is 0 Å². The molecule has 2 aromatic rings. The Hall–Kier alpha value is -1.26. The van der Waals surface area contributed by atoms with Gasteiger partial charge in [-0.25, -0.2) is 0 Å². The molecule has 2 heterocycles. The maximum absolute atomic E-state index is 5.38. The van der Waals surface area contributed by atoms with Gasteiger partial charge in [-0.05, 0) is 23.8 Å². The van der Waals surface area contributed by atoms with Crippen LogP contribution >= 0.6 is 0 Å². The zero-order valence-corrected chi connectivity index (χ0v) is 17.5. The van der Waals surface area contributed by atoms with Crippen LogP contribution in [-0.4, -0.2) is 32.8 Å². The third-order valence-electron chi connectivity index (χ3n) is 6.04. The van der Waals surface area contributed by atoms with Crippen molar-refractivity contribution in [3.8, 4) is 5.75 Å². The van der Waals surface area contributed by atoms with Gasteiger partial charge < -0.3 is 39.4 Å². The van der Waals surface area contributed by atoms with Gasteiger partial charge in [0.25, 0.3) is 0 Å². The lowest BCUT2D eigenvalue weighted by molar-refractivity contribution is -0.998. The van der Waals surface area contributed by atoms with Gasteiger partial charge >= 0.3 is 0 Å². The summed E-state index contributed by atoms with van der Waals surface area (Å²) >= 11 is 0. The predicted molar refractivity (Wildman–Crippen MR) is 100 cm³/mol. The Morgan fingerprint density at radius 3 is 2.59 bits per heavy atom. The minimum atomic E-state index is 0. The number of rotatable bonds is 4. The molecular weight excluding hydrogens is 379 g/mol. The summed E-state index contributed by atoms with van der Waals surface area (Å²) in [6.45, 7) is 6.27. The Morgan fingerprint density at radius 1 is 1.00 bits per heavy atom. The largest absolute Gasteiger partial charge is 1.00 e. The Morgan fingerprint density at radius 2 is 1.81 bits per heavy atom. The molecule has 0 spiro atoms. The second kappa shape index (κ2) is 10.3. The molecule has 2 aromatic carbocycles. The van der Waals surface area contributed by atoms with Crippen LogP contribution in [0.4, 0.5) is 0 Å². The summed E-state index contributed by atoms with van der Waals surface area (Å²) in [7, 11) is 1.76. The summed E-state index contributed by atoms with van der Waals surface area (Å²) in [6.07, 6.45) is 3.94.